The van der Waals surface area contributed by atoms with Crippen LogP contribution in [0, 0.1) is 5.41 Å². The molecule has 1 heterocycles. The first-order valence-corrected chi connectivity index (χ1v) is 6.42. The highest BCUT2D eigenvalue weighted by atomic mass is 16.2. The second-order valence-corrected chi connectivity index (χ2v) is 6.16. The van der Waals surface area contributed by atoms with Gasteiger partial charge in [-0.1, -0.05) is 20.8 Å². The molecule has 0 aromatic rings. The third-order valence-electron chi connectivity index (χ3n) is 3.13. The third-order valence-corrected chi connectivity index (χ3v) is 3.13. The molecule has 1 unspecified atom stereocenters. The summed E-state index contributed by atoms with van der Waals surface area (Å²) in [5.41, 5.74) is 6.20. The number of hydrogen-bond acceptors (Lipinski definition) is 2. The summed E-state index contributed by atoms with van der Waals surface area (Å²) in [7, 11) is 0. The molecular weight excluding hydrogens is 200 g/mol. The fourth-order valence-corrected chi connectivity index (χ4v) is 2.16. The number of carbonyl (C=O) groups is 1. The van der Waals surface area contributed by atoms with Gasteiger partial charge in [0, 0.05) is 25.6 Å². The first kappa shape index (κ1) is 13.5. The first-order chi connectivity index (χ1) is 7.38. The average Bonchev–Trinajstić information content (AvgIpc) is 2.15. The van der Waals surface area contributed by atoms with Crippen LogP contribution in [-0.2, 0) is 4.79 Å². The number of rotatable bonds is 3. The number of carbonyl (C=O) groups excluding carboxylic acids is 1. The van der Waals surface area contributed by atoms with Gasteiger partial charge in [0.2, 0.25) is 5.91 Å². The van der Waals surface area contributed by atoms with Crippen molar-refractivity contribution in [1.82, 2.24) is 4.90 Å². The van der Waals surface area contributed by atoms with E-state index in [2.05, 4.69) is 20.8 Å². The Labute approximate surface area is 99.4 Å². The molecule has 0 aliphatic carbocycles. The molecule has 1 fully saturated rings. The summed E-state index contributed by atoms with van der Waals surface area (Å²) in [6.07, 6.45) is 4.91. The van der Waals surface area contributed by atoms with Gasteiger partial charge in [0.15, 0.2) is 0 Å². The Bertz CT molecular complexity index is 233. The van der Waals surface area contributed by atoms with Gasteiger partial charge in [-0.3, -0.25) is 4.79 Å². The molecule has 1 rings (SSSR count). The maximum Gasteiger partial charge on any atom is 0.222 e. The van der Waals surface area contributed by atoms with Crippen LogP contribution < -0.4 is 5.73 Å². The van der Waals surface area contributed by atoms with Gasteiger partial charge < -0.3 is 10.6 Å². The van der Waals surface area contributed by atoms with Crippen molar-refractivity contribution in [2.24, 2.45) is 11.1 Å². The van der Waals surface area contributed by atoms with E-state index < -0.39 is 0 Å². The molecule has 0 aromatic carbocycles. The smallest absolute Gasteiger partial charge is 0.222 e. The van der Waals surface area contributed by atoms with E-state index in [1.165, 1.54) is 0 Å². The van der Waals surface area contributed by atoms with E-state index in [9.17, 15) is 4.79 Å². The molecule has 1 aliphatic rings. The molecular formula is C13H26N2O. The van der Waals surface area contributed by atoms with Crippen LogP contribution in [0.25, 0.3) is 0 Å². The molecule has 1 amide bonds. The minimum atomic E-state index is 0.195. The minimum absolute atomic E-state index is 0.195. The first-order valence-electron chi connectivity index (χ1n) is 6.42. The molecule has 3 heteroatoms. The van der Waals surface area contributed by atoms with Crippen LogP contribution in [0.2, 0.25) is 0 Å². The van der Waals surface area contributed by atoms with E-state index in [1.807, 2.05) is 4.90 Å². The highest BCUT2D eigenvalue weighted by molar-refractivity contribution is 5.76. The van der Waals surface area contributed by atoms with Crippen molar-refractivity contribution in [1.29, 1.82) is 0 Å². The van der Waals surface area contributed by atoms with E-state index in [4.69, 9.17) is 5.73 Å². The van der Waals surface area contributed by atoms with E-state index >= 15 is 0 Å². The summed E-state index contributed by atoms with van der Waals surface area (Å²) < 4.78 is 0. The van der Waals surface area contributed by atoms with Crippen molar-refractivity contribution < 1.29 is 4.79 Å². The van der Waals surface area contributed by atoms with Gasteiger partial charge in [0.05, 0.1) is 0 Å². The molecule has 0 radical (unpaired) electrons. The monoisotopic (exact) mass is 226 g/mol. The predicted octanol–water partition coefficient (Wildman–Crippen LogP) is 2.15. The quantitative estimate of drug-likeness (QED) is 0.801. The Balaban J connectivity index is 2.24. The number of hydrogen-bond donors (Lipinski definition) is 1. The third kappa shape index (κ3) is 4.97. The van der Waals surface area contributed by atoms with Gasteiger partial charge >= 0.3 is 0 Å². The maximum atomic E-state index is 11.9. The molecule has 3 nitrogen and oxygen atoms in total. The van der Waals surface area contributed by atoms with Gasteiger partial charge in [-0.05, 0) is 31.1 Å². The van der Waals surface area contributed by atoms with Crippen molar-refractivity contribution in [2.45, 2.75) is 58.9 Å². The van der Waals surface area contributed by atoms with Crippen LogP contribution >= 0.6 is 0 Å². The molecule has 0 bridgehead atoms. The average molecular weight is 226 g/mol. The Morgan fingerprint density at radius 1 is 1.44 bits per heavy atom. The summed E-state index contributed by atoms with van der Waals surface area (Å²) in [5, 5.41) is 0. The molecule has 16 heavy (non-hydrogen) atoms. The second-order valence-electron chi connectivity index (χ2n) is 6.16. The van der Waals surface area contributed by atoms with E-state index in [0.717, 1.165) is 38.8 Å². The SMILES string of the molecule is CC(C)(C)CCCC(=O)N1CCCC(N)C1. The lowest BCUT2D eigenvalue weighted by Gasteiger charge is -2.31. The maximum absolute atomic E-state index is 11.9. The lowest BCUT2D eigenvalue weighted by Crippen LogP contribution is -2.45. The predicted molar refractivity (Wildman–Crippen MR) is 67.1 cm³/mol. The van der Waals surface area contributed by atoms with Crippen LogP contribution in [0.4, 0.5) is 0 Å². The largest absolute Gasteiger partial charge is 0.341 e. The van der Waals surface area contributed by atoms with Gasteiger partial charge in [0.25, 0.3) is 0 Å². The number of amides is 1. The Morgan fingerprint density at radius 2 is 2.12 bits per heavy atom. The fraction of sp³-hybridized carbons (Fsp3) is 0.923. The standard InChI is InChI=1S/C13H26N2O/c1-13(2,3)8-4-7-12(16)15-9-5-6-11(14)10-15/h11H,4-10,14H2,1-3H3. The molecule has 1 aliphatic heterocycles. The fourth-order valence-electron chi connectivity index (χ4n) is 2.16. The van der Waals surface area contributed by atoms with Gasteiger partial charge in [-0.2, -0.15) is 0 Å². The van der Waals surface area contributed by atoms with Crippen molar-refractivity contribution in [3.05, 3.63) is 0 Å². The zero-order valence-corrected chi connectivity index (χ0v) is 11.0. The molecule has 2 N–H and O–H groups in total. The Kier molecular flexibility index (Phi) is 4.78. The van der Waals surface area contributed by atoms with Crippen molar-refractivity contribution in [3.8, 4) is 0 Å². The summed E-state index contributed by atoms with van der Waals surface area (Å²) in [5.74, 6) is 0.291. The summed E-state index contributed by atoms with van der Waals surface area (Å²) >= 11 is 0. The molecule has 0 saturated carbocycles. The van der Waals surface area contributed by atoms with E-state index in [-0.39, 0.29) is 6.04 Å². The van der Waals surface area contributed by atoms with Crippen LogP contribution in [0.5, 0.6) is 0 Å². The molecule has 1 saturated heterocycles. The van der Waals surface area contributed by atoms with Gasteiger partial charge in [-0.15, -0.1) is 0 Å². The topological polar surface area (TPSA) is 46.3 Å². The molecule has 0 spiro atoms. The van der Waals surface area contributed by atoms with Crippen LogP contribution in [0.3, 0.4) is 0 Å². The number of piperidine rings is 1. The van der Waals surface area contributed by atoms with Crippen LogP contribution in [0.15, 0.2) is 0 Å². The Hall–Kier alpha value is -0.570. The van der Waals surface area contributed by atoms with E-state index in [0.29, 0.717) is 17.7 Å². The van der Waals surface area contributed by atoms with Gasteiger partial charge in [-0.25, -0.2) is 0 Å². The highest BCUT2D eigenvalue weighted by Gasteiger charge is 2.21. The summed E-state index contributed by atoms with van der Waals surface area (Å²) in [6, 6.07) is 0.195. The number of nitrogens with two attached hydrogens (primary N) is 1. The summed E-state index contributed by atoms with van der Waals surface area (Å²) in [6.45, 7) is 8.31. The van der Waals surface area contributed by atoms with Crippen LogP contribution in [0.1, 0.15) is 52.9 Å². The lowest BCUT2D eigenvalue weighted by atomic mass is 9.90. The molecule has 94 valence electrons. The number of nitrogens with zero attached hydrogens (tertiary/aromatic N) is 1. The van der Waals surface area contributed by atoms with Crippen LogP contribution in [-0.4, -0.2) is 29.9 Å². The zero-order valence-electron chi connectivity index (χ0n) is 11.0. The number of likely N-dealkylation sites (tertiary alicyclic amines) is 1. The second kappa shape index (κ2) is 5.67. The van der Waals surface area contributed by atoms with Crippen molar-refractivity contribution in [2.75, 3.05) is 13.1 Å². The van der Waals surface area contributed by atoms with E-state index in [1.54, 1.807) is 0 Å². The lowest BCUT2D eigenvalue weighted by molar-refractivity contribution is -0.132. The Morgan fingerprint density at radius 3 is 2.69 bits per heavy atom. The minimum Gasteiger partial charge on any atom is -0.341 e. The van der Waals surface area contributed by atoms with Gasteiger partial charge in [0.1, 0.15) is 0 Å². The summed E-state index contributed by atoms with van der Waals surface area (Å²) in [4.78, 5) is 13.8. The van der Waals surface area contributed by atoms with Crippen molar-refractivity contribution >= 4 is 5.91 Å². The highest BCUT2D eigenvalue weighted by Crippen LogP contribution is 2.22. The molecule has 0 aromatic heterocycles. The zero-order chi connectivity index (χ0) is 12.2. The molecule has 1 atom stereocenters. The normalized spacial score (nSPS) is 22.2. The van der Waals surface area contributed by atoms with Crippen molar-refractivity contribution in [3.63, 3.8) is 0 Å².